The lowest BCUT2D eigenvalue weighted by Gasteiger charge is -2.17. The van der Waals surface area contributed by atoms with Crippen LogP contribution >= 0.6 is 11.8 Å². The Balaban J connectivity index is 2.35. The summed E-state index contributed by atoms with van der Waals surface area (Å²) in [6.07, 6.45) is 0. The maximum Gasteiger partial charge on any atom is 0.339 e. The van der Waals surface area contributed by atoms with Crippen LogP contribution in [0.25, 0.3) is 0 Å². The molecule has 7 heteroatoms. The minimum atomic E-state index is -1.34. The minimum absolute atomic E-state index is 0.176. The molecule has 0 spiro atoms. The molecule has 29 heavy (non-hydrogen) atoms. The van der Waals surface area contributed by atoms with E-state index in [9.17, 15) is 9.59 Å². The molecule has 0 radical (unpaired) electrons. The smallest absolute Gasteiger partial charge is 0.339 e. The Bertz CT molecular complexity index is 846. The van der Waals surface area contributed by atoms with Gasteiger partial charge in [0.05, 0.1) is 32.0 Å². The molecule has 5 nitrogen and oxygen atoms in total. The number of thioether (sulfide) groups is 1. The molecule has 0 bridgehead atoms. The fourth-order valence-corrected chi connectivity index (χ4v) is 4.23. The summed E-state index contributed by atoms with van der Waals surface area (Å²) in [5, 5.41) is 0. The van der Waals surface area contributed by atoms with Crippen LogP contribution in [-0.4, -0.2) is 40.8 Å². The van der Waals surface area contributed by atoms with Crippen molar-refractivity contribution in [2.75, 3.05) is 20.8 Å². The van der Waals surface area contributed by atoms with Gasteiger partial charge in [0, 0.05) is 18.7 Å². The molecule has 2 rings (SSSR count). The molecule has 0 saturated carbocycles. The second kappa shape index (κ2) is 10.5. The molecule has 0 aliphatic rings. The summed E-state index contributed by atoms with van der Waals surface area (Å²) in [6, 6.07) is 14.0. The van der Waals surface area contributed by atoms with Crippen LogP contribution in [0.1, 0.15) is 26.3 Å². The van der Waals surface area contributed by atoms with E-state index in [1.165, 1.54) is 14.2 Å². The highest BCUT2D eigenvalue weighted by Crippen LogP contribution is 2.30. The van der Waals surface area contributed by atoms with Crippen molar-refractivity contribution in [3.63, 3.8) is 0 Å². The molecular weight excluding hydrogens is 404 g/mol. The maximum absolute atomic E-state index is 12.8. The number of hydrogen-bond donors (Lipinski definition) is 0. The van der Waals surface area contributed by atoms with Crippen molar-refractivity contribution in [1.29, 1.82) is 0 Å². The van der Waals surface area contributed by atoms with Crippen LogP contribution in [0.4, 0.5) is 0 Å². The zero-order chi connectivity index (χ0) is 21.4. The lowest BCUT2D eigenvalue weighted by Crippen LogP contribution is -2.23. The SMILES string of the molecule is COC(=O)c1c(CSc2ccccc2)cc(OC)cc1C(=O)OCC[Si](C)(C)C. The second-order valence-electron chi connectivity index (χ2n) is 7.75. The molecule has 0 amide bonds. The van der Waals surface area contributed by atoms with Crippen LogP contribution in [0.15, 0.2) is 47.4 Å². The Morgan fingerprint density at radius 1 is 1.00 bits per heavy atom. The standard InChI is InChI=1S/C22H28O5SSi/c1-25-17-13-16(15-28-18-9-7-6-8-10-18)20(22(24)26-2)19(14-17)21(23)27-11-12-29(3,4)5/h6-10,13-14H,11-12,15H2,1-5H3. The Kier molecular flexibility index (Phi) is 8.34. The van der Waals surface area contributed by atoms with E-state index in [1.807, 2.05) is 30.3 Å². The first kappa shape index (κ1) is 23.0. The third-order valence-corrected chi connectivity index (χ3v) is 7.03. The first-order valence-electron chi connectivity index (χ1n) is 9.39. The Hall–Kier alpha value is -2.25. The van der Waals surface area contributed by atoms with Crippen molar-refractivity contribution in [3.05, 3.63) is 59.2 Å². The van der Waals surface area contributed by atoms with Gasteiger partial charge < -0.3 is 14.2 Å². The first-order valence-corrected chi connectivity index (χ1v) is 14.1. The van der Waals surface area contributed by atoms with E-state index in [0.717, 1.165) is 10.9 Å². The molecule has 0 saturated heterocycles. The van der Waals surface area contributed by atoms with Gasteiger partial charge in [-0.1, -0.05) is 37.8 Å². The number of ether oxygens (including phenoxy) is 3. The molecule has 156 valence electrons. The van der Waals surface area contributed by atoms with Gasteiger partial charge >= 0.3 is 11.9 Å². The average Bonchev–Trinajstić information content (AvgIpc) is 2.70. The molecule has 0 atom stereocenters. The lowest BCUT2D eigenvalue weighted by atomic mass is 10.0. The van der Waals surface area contributed by atoms with Crippen LogP contribution < -0.4 is 4.74 Å². The summed E-state index contributed by atoms with van der Waals surface area (Å²) in [5.74, 6) is -0.110. The van der Waals surface area contributed by atoms with E-state index in [0.29, 0.717) is 23.7 Å². The third-order valence-electron chi connectivity index (χ3n) is 4.26. The van der Waals surface area contributed by atoms with Crippen molar-refractivity contribution in [2.45, 2.75) is 36.3 Å². The molecule has 2 aromatic carbocycles. The van der Waals surface area contributed by atoms with Gasteiger partial charge in [-0.05, 0) is 35.9 Å². The number of hydrogen-bond acceptors (Lipinski definition) is 6. The van der Waals surface area contributed by atoms with E-state index in [-0.39, 0.29) is 11.1 Å². The van der Waals surface area contributed by atoms with Crippen molar-refractivity contribution in [3.8, 4) is 5.75 Å². The third kappa shape index (κ3) is 6.94. The van der Waals surface area contributed by atoms with E-state index >= 15 is 0 Å². The van der Waals surface area contributed by atoms with E-state index < -0.39 is 20.0 Å². The predicted octanol–water partition coefficient (Wildman–Crippen LogP) is 5.27. The van der Waals surface area contributed by atoms with Crippen molar-refractivity contribution >= 4 is 31.8 Å². The van der Waals surface area contributed by atoms with Crippen LogP contribution in [0.2, 0.25) is 25.7 Å². The zero-order valence-electron chi connectivity index (χ0n) is 17.6. The fourth-order valence-electron chi connectivity index (χ4n) is 2.61. The Morgan fingerprint density at radius 2 is 1.69 bits per heavy atom. The number of rotatable bonds is 9. The van der Waals surface area contributed by atoms with E-state index in [4.69, 9.17) is 14.2 Å². The summed E-state index contributed by atoms with van der Waals surface area (Å²) < 4.78 is 15.8. The van der Waals surface area contributed by atoms with Gasteiger partial charge in [0.2, 0.25) is 0 Å². The van der Waals surface area contributed by atoms with Crippen molar-refractivity contribution in [1.82, 2.24) is 0 Å². The number of methoxy groups -OCH3 is 2. The molecular formula is C22H28O5SSi. The predicted molar refractivity (Wildman–Crippen MR) is 119 cm³/mol. The van der Waals surface area contributed by atoms with Gasteiger partial charge in [-0.2, -0.15) is 0 Å². The quantitative estimate of drug-likeness (QED) is 0.306. The number of carbonyl (C=O) groups is 2. The first-order chi connectivity index (χ1) is 13.7. The molecule has 2 aromatic rings. The van der Waals surface area contributed by atoms with Gasteiger partial charge in [-0.25, -0.2) is 9.59 Å². The zero-order valence-corrected chi connectivity index (χ0v) is 19.4. The summed E-state index contributed by atoms with van der Waals surface area (Å²) in [7, 11) is 1.49. The van der Waals surface area contributed by atoms with Crippen LogP contribution in [-0.2, 0) is 15.2 Å². The van der Waals surface area contributed by atoms with Gasteiger partial charge in [-0.3, -0.25) is 0 Å². The highest BCUT2D eigenvalue weighted by molar-refractivity contribution is 7.98. The summed E-state index contributed by atoms with van der Waals surface area (Å²) >= 11 is 1.57. The summed E-state index contributed by atoms with van der Waals surface area (Å²) in [4.78, 5) is 26.4. The molecule has 0 unspecified atom stereocenters. The van der Waals surface area contributed by atoms with E-state index in [2.05, 4.69) is 19.6 Å². The topological polar surface area (TPSA) is 61.8 Å². The minimum Gasteiger partial charge on any atom is -0.497 e. The second-order valence-corrected chi connectivity index (χ2v) is 14.4. The molecule has 0 aliphatic heterocycles. The van der Waals surface area contributed by atoms with Gasteiger partial charge in [0.1, 0.15) is 5.75 Å². The normalized spacial score (nSPS) is 11.1. The van der Waals surface area contributed by atoms with Gasteiger partial charge in [0.15, 0.2) is 0 Å². The van der Waals surface area contributed by atoms with Gasteiger partial charge in [0.25, 0.3) is 0 Å². The molecule has 0 N–H and O–H groups in total. The van der Waals surface area contributed by atoms with Crippen LogP contribution in [0.3, 0.4) is 0 Å². The Morgan fingerprint density at radius 3 is 2.28 bits per heavy atom. The summed E-state index contributed by atoms with van der Waals surface area (Å²) in [6.45, 7) is 6.97. The number of esters is 2. The lowest BCUT2D eigenvalue weighted by molar-refractivity contribution is 0.0502. The maximum atomic E-state index is 12.8. The highest BCUT2D eigenvalue weighted by atomic mass is 32.2. The molecule has 0 heterocycles. The average molecular weight is 433 g/mol. The largest absolute Gasteiger partial charge is 0.497 e. The molecule has 0 aromatic heterocycles. The van der Waals surface area contributed by atoms with Crippen LogP contribution in [0, 0.1) is 0 Å². The van der Waals surface area contributed by atoms with Crippen molar-refractivity contribution < 1.29 is 23.8 Å². The van der Waals surface area contributed by atoms with E-state index in [1.54, 1.807) is 23.9 Å². The van der Waals surface area contributed by atoms with Crippen LogP contribution in [0.5, 0.6) is 5.75 Å². The van der Waals surface area contributed by atoms with Gasteiger partial charge in [-0.15, -0.1) is 11.8 Å². The monoisotopic (exact) mass is 432 g/mol. The molecule has 0 fully saturated rings. The number of carbonyl (C=O) groups excluding carboxylic acids is 2. The molecule has 0 aliphatic carbocycles. The number of benzene rings is 2. The highest BCUT2D eigenvalue weighted by Gasteiger charge is 2.25. The fraction of sp³-hybridized carbons (Fsp3) is 0.364. The summed E-state index contributed by atoms with van der Waals surface area (Å²) in [5.41, 5.74) is 1.08. The van der Waals surface area contributed by atoms with Crippen molar-refractivity contribution in [2.24, 2.45) is 0 Å². The Labute approximate surface area is 177 Å².